The molecule has 2 aliphatic carbocycles. The molecule has 2 bridgehead atoms. The molecule has 4 aliphatic rings. The first-order chi connectivity index (χ1) is 10.6. The van der Waals surface area contributed by atoms with E-state index in [0.717, 1.165) is 12.0 Å². The van der Waals surface area contributed by atoms with Gasteiger partial charge in [0.05, 0.1) is 0 Å². The molecule has 2 saturated carbocycles. The summed E-state index contributed by atoms with van der Waals surface area (Å²) in [5.74, 6) is 0.882. The van der Waals surface area contributed by atoms with Gasteiger partial charge >= 0.3 is 0 Å². The molecule has 3 nitrogen and oxygen atoms in total. The van der Waals surface area contributed by atoms with Crippen molar-refractivity contribution < 1.29 is 0 Å². The van der Waals surface area contributed by atoms with Crippen LogP contribution in [0.4, 0.5) is 0 Å². The third-order valence-electron chi connectivity index (χ3n) is 7.89. The topological polar surface area (TPSA) is 18.5 Å². The summed E-state index contributed by atoms with van der Waals surface area (Å²) in [5.41, 5.74) is 1.30. The van der Waals surface area contributed by atoms with Crippen LogP contribution in [0.25, 0.3) is 0 Å². The molecular weight excluding hydrogens is 270 g/mol. The van der Waals surface area contributed by atoms with Crippen molar-refractivity contribution in [3.05, 3.63) is 0 Å². The van der Waals surface area contributed by atoms with E-state index in [9.17, 15) is 0 Å². The maximum Gasteiger partial charge on any atom is 0.0216 e. The van der Waals surface area contributed by atoms with Crippen LogP contribution in [0.5, 0.6) is 0 Å². The third kappa shape index (κ3) is 2.44. The first-order valence-corrected chi connectivity index (χ1v) is 9.84. The van der Waals surface area contributed by atoms with Crippen LogP contribution in [0.15, 0.2) is 0 Å². The zero-order chi connectivity index (χ0) is 15.2. The Morgan fingerprint density at radius 3 is 2.09 bits per heavy atom. The fourth-order valence-electron chi connectivity index (χ4n) is 6.16. The number of hydrogen-bond acceptors (Lipinski definition) is 3. The van der Waals surface area contributed by atoms with Gasteiger partial charge in [0, 0.05) is 37.8 Å². The number of nitrogens with one attached hydrogen (secondary N) is 1. The maximum atomic E-state index is 3.51. The SMILES string of the molecule is CC(C)C12CCC(N3CCN(C4CCNCC4)CC3)(CC1)C2. The van der Waals surface area contributed by atoms with Gasteiger partial charge in [0.15, 0.2) is 0 Å². The Morgan fingerprint density at radius 1 is 0.909 bits per heavy atom. The Kier molecular flexibility index (Phi) is 4.03. The van der Waals surface area contributed by atoms with Gasteiger partial charge in [-0.3, -0.25) is 9.80 Å². The van der Waals surface area contributed by atoms with Crippen LogP contribution >= 0.6 is 0 Å². The summed E-state index contributed by atoms with van der Waals surface area (Å²) < 4.78 is 0. The molecule has 126 valence electrons. The first-order valence-electron chi connectivity index (χ1n) is 9.84. The molecule has 0 aromatic carbocycles. The fourth-order valence-corrected chi connectivity index (χ4v) is 6.16. The van der Waals surface area contributed by atoms with Crippen LogP contribution in [0.1, 0.15) is 58.8 Å². The normalized spacial score (nSPS) is 41.6. The summed E-state index contributed by atoms with van der Waals surface area (Å²) in [4.78, 5) is 5.72. The van der Waals surface area contributed by atoms with Crippen molar-refractivity contribution in [1.82, 2.24) is 15.1 Å². The van der Waals surface area contributed by atoms with Gasteiger partial charge in [0.25, 0.3) is 0 Å². The second-order valence-corrected chi connectivity index (χ2v) is 8.92. The summed E-state index contributed by atoms with van der Waals surface area (Å²) in [7, 11) is 0. The second-order valence-electron chi connectivity index (χ2n) is 8.92. The lowest BCUT2D eigenvalue weighted by Crippen LogP contribution is -2.58. The molecule has 2 saturated heterocycles. The lowest BCUT2D eigenvalue weighted by molar-refractivity contribution is 0.0158. The minimum absolute atomic E-state index is 0.602. The smallest absolute Gasteiger partial charge is 0.0216 e. The van der Waals surface area contributed by atoms with E-state index in [-0.39, 0.29) is 0 Å². The van der Waals surface area contributed by atoms with E-state index in [1.165, 1.54) is 84.2 Å². The van der Waals surface area contributed by atoms with Crippen LogP contribution in [0.2, 0.25) is 0 Å². The number of piperidine rings is 1. The van der Waals surface area contributed by atoms with Crippen molar-refractivity contribution in [3.8, 4) is 0 Å². The van der Waals surface area contributed by atoms with Gasteiger partial charge in [-0.1, -0.05) is 13.8 Å². The van der Waals surface area contributed by atoms with Gasteiger partial charge in [0.2, 0.25) is 0 Å². The Morgan fingerprint density at radius 2 is 1.55 bits per heavy atom. The van der Waals surface area contributed by atoms with Crippen LogP contribution in [0.3, 0.4) is 0 Å². The van der Waals surface area contributed by atoms with Crippen molar-refractivity contribution in [1.29, 1.82) is 0 Å². The van der Waals surface area contributed by atoms with Crippen molar-refractivity contribution >= 4 is 0 Å². The quantitative estimate of drug-likeness (QED) is 0.865. The second kappa shape index (κ2) is 5.75. The molecule has 4 fully saturated rings. The highest BCUT2D eigenvalue weighted by Crippen LogP contribution is 2.62. The zero-order valence-electron chi connectivity index (χ0n) is 14.7. The Labute approximate surface area is 136 Å². The van der Waals surface area contributed by atoms with E-state index in [4.69, 9.17) is 0 Å². The van der Waals surface area contributed by atoms with Gasteiger partial charge in [0.1, 0.15) is 0 Å². The van der Waals surface area contributed by atoms with E-state index in [1.54, 1.807) is 0 Å². The molecule has 2 heterocycles. The van der Waals surface area contributed by atoms with Crippen LogP contribution in [-0.2, 0) is 0 Å². The van der Waals surface area contributed by atoms with E-state index >= 15 is 0 Å². The molecular formula is C19H35N3. The molecule has 1 N–H and O–H groups in total. The van der Waals surface area contributed by atoms with E-state index in [2.05, 4.69) is 29.0 Å². The van der Waals surface area contributed by atoms with E-state index in [1.807, 2.05) is 0 Å². The summed E-state index contributed by atoms with van der Waals surface area (Å²) in [5, 5.41) is 3.51. The average molecular weight is 306 g/mol. The van der Waals surface area contributed by atoms with Crippen molar-refractivity contribution in [3.63, 3.8) is 0 Å². The summed E-state index contributed by atoms with van der Waals surface area (Å²) in [6.45, 7) is 12.7. The molecule has 4 rings (SSSR count). The number of piperazine rings is 1. The van der Waals surface area contributed by atoms with Gasteiger partial charge < -0.3 is 5.32 Å². The van der Waals surface area contributed by atoms with Gasteiger partial charge in [-0.25, -0.2) is 0 Å². The highest BCUT2D eigenvalue weighted by Gasteiger charge is 2.57. The molecule has 0 spiro atoms. The Bertz CT molecular complexity index is 383. The molecule has 0 aromatic heterocycles. The van der Waals surface area contributed by atoms with Gasteiger partial charge in [-0.05, 0) is 69.4 Å². The van der Waals surface area contributed by atoms with E-state index < -0.39 is 0 Å². The van der Waals surface area contributed by atoms with Crippen molar-refractivity contribution in [2.45, 2.75) is 70.4 Å². The predicted octanol–water partition coefficient (Wildman–Crippen LogP) is 2.71. The molecule has 0 amide bonds. The molecule has 0 unspecified atom stereocenters. The molecule has 0 aromatic rings. The Hall–Kier alpha value is -0.120. The monoisotopic (exact) mass is 305 g/mol. The minimum atomic E-state index is 0.602. The van der Waals surface area contributed by atoms with Gasteiger partial charge in [-0.2, -0.15) is 0 Å². The third-order valence-corrected chi connectivity index (χ3v) is 7.89. The van der Waals surface area contributed by atoms with Crippen LogP contribution in [-0.4, -0.2) is 60.6 Å². The standard InChI is InChI=1S/C19H35N3/c1-16(2)18-5-7-19(15-18,8-6-18)22-13-11-21(12-14-22)17-3-9-20-10-4-17/h16-17,20H,3-15H2,1-2H3. The van der Waals surface area contributed by atoms with E-state index in [0.29, 0.717) is 11.0 Å². The maximum absolute atomic E-state index is 3.51. The number of rotatable bonds is 3. The summed E-state index contributed by atoms with van der Waals surface area (Å²) >= 11 is 0. The fraction of sp³-hybridized carbons (Fsp3) is 1.00. The molecule has 0 radical (unpaired) electrons. The highest BCUT2D eigenvalue weighted by molar-refractivity contribution is 5.12. The molecule has 0 atom stereocenters. The first kappa shape index (κ1) is 15.4. The Balaban J connectivity index is 1.36. The number of nitrogens with zero attached hydrogens (tertiary/aromatic N) is 2. The van der Waals surface area contributed by atoms with Crippen molar-refractivity contribution in [2.75, 3.05) is 39.3 Å². The summed E-state index contributed by atoms with van der Waals surface area (Å²) in [6.07, 6.45) is 10.2. The summed E-state index contributed by atoms with van der Waals surface area (Å²) in [6, 6.07) is 0.864. The zero-order valence-corrected chi connectivity index (χ0v) is 14.7. The minimum Gasteiger partial charge on any atom is -0.317 e. The van der Waals surface area contributed by atoms with Crippen LogP contribution in [0, 0.1) is 11.3 Å². The molecule has 3 heteroatoms. The largest absolute Gasteiger partial charge is 0.317 e. The van der Waals surface area contributed by atoms with Gasteiger partial charge in [-0.15, -0.1) is 0 Å². The predicted molar refractivity (Wildman–Crippen MR) is 92.1 cm³/mol. The number of fused-ring (bicyclic) bond motifs is 2. The number of hydrogen-bond donors (Lipinski definition) is 1. The highest BCUT2D eigenvalue weighted by atomic mass is 15.3. The lowest BCUT2D eigenvalue weighted by Gasteiger charge is -2.47. The molecule has 2 aliphatic heterocycles. The lowest BCUT2D eigenvalue weighted by atomic mass is 9.75. The van der Waals surface area contributed by atoms with Crippen LogP contribution < -0.4 is 5.32 Å². The molecule has 22 heavy (non-hydrogen) atoms. The van der Waals surface area contributed by atoms with Crippen molar-refractivity contribution in [2.24, 2.45) is 11.3 Å². The average Bonchev–Trinajstić information content (AvgIpc) is 3.15.